The molecule has 2 N–H and O–H groups in total. The number of rotatable bonds is 5. The van der Waals surface area contributed by atoms with Crippen LogP contribution in [0.4, 0.5) is 5.82 Å². The van der Waals surface area contributed by atoms with Crippen LogP contribution in [-0.4, -0.2) is 28.0 Å². The molecule has 86 valence electrons. The third-order valence-electron chi connectivity index (χ3n) is 2.77. The molecule has 1 aliphatic rings. The molecule has 0 atom stereocenters. The summed E-state index contributed by atoms with van der Waals surface area (Å²) in [4.78, 5) is 11.1. The zero-order valence-electron chi connectivity index (χ0n) is 9.39. The van der Waals surface area contributed by atoms with Crippen molar-refractivity contribution in [2.45, 2.75) is 19.8 Å². The molecule has 0 aromatic carbocycles. The second kappa shape index (κ2) is 4.74. The lowest BCUT2D eigenvalue weighted by Crippen LogP contribution is -2.29. The quantitative estimate of drug-likeness (QED) is 0.782. The van der Waals surface area contributed by atoms with Crippen LogP contribution in [0.15, 0.2) is 12.4 Å². The van der Waals surface area contributed by atoms with Gasteiger partial charge in [-0.3, -0.25) is 0 Å². The van der Waals surface area contributed by atoms with Crippen LogP contribution in [-0.2, 0) is 0 Å². The summed E-state index contributed by atoms with van der Waals surface area (Å²) in [6.07, 6.45) is 5.95. The highest BCUT2D eigenvalue weighted by atomic mass is 32.1. The van der Waals surface area contributed by atoms with E-state index in [4.69, 9.17) is 18.0 Å². The average Bonchev–Trinajstić information content (AvgIpc) is 3.09. The predicted molar refractivity (Wildman–Crippen MR) is 68.5 cm³/mol. The highest BCUT2D eigenvalue weighted by Crippen LogP contribution is 2.31. The van der Waals surface area contributed by atoms with Crippen LogP contribution in [0.5, 0.6) is 0 Å². The Hall–Kier alpha value is -1.23. The maximum Gasteiger partial charge on any atom is 0.157 e. The maximum absolute atomic E-state index is 5.66. The summed E-state index contributed by atoms with van der Waals surface area (Å²) in [5, 5.41) is 0. The van der Waals surface area contributed by atoms with Crippen molar-refractivity contribution < 1.29 is 0 Å². The molecule has 1 aromatic rings. The van der Waals surface area contributed by atoms with Crippen molar-refractivity contribution in [2.24, 2.45) is 11.7 Å². The van der Waals surface area contributed by atoms with Crippen LogP contribution in [0.2, 0.25) is 0 Å². The van der Waals surface area contributed by atoms with Crippen molar-refractivity contribution in [3.05, 3.63) is 18.1 Å². The molecule has 4 nitrogen and oxygen atoms in total. The van der Waals surface area contributed by atoms with Gasteiger partial charge in [0, 0.05) is 25.5 Å². The number of nitrogens with two attached hydrogens (primary N) is 1. The zero-order chi connectivity index (χ0) is 11.5. The molecule has 0 unspecified atom stereocenters. The summed E-state index contributed by atoms with van der Waals surface area (Å²) in [6.45, 7) is 4.05. The molecule has 0 aliphatic heterocycles. The van der Waals surface area contributed by atoms with Gasteiger partial charge < -0.3 is 10.6 Å². The highest BCUT2D eigenvalue weighted by molar-refractivity contribution is 7.80. The van der Waals surface area contributed by atoms with Gasteiger partial charge in [-0.1, -0.05) is 12.2 Å². The molecule has 0 saturated heterocycles. The fourth-order valence-electron chi connectivity index (χ4n) is 1.71. The third kappa shape index (κ3) is 2.47. The molecule has 0 bridgehead atoms. The van der Waals surface area contributed by atoms with Gasteiger partial charge in [0.05, 0.1) is 0 Å². The summed E-state index contributed by atoms with van der Waals surface area (Å²) < 4.78 is 0. The maximum atomic E-state index is 5.66. The van der Waals surface area contributed by atoms with Gasteiger partial charge in [0.25, 0.3) is 0 Å². The summed E-state index contributed by atoms with van der Waals surface area (Å²) in [5.74, 6) is 1.63. The van der Waals surface area contributed by atoms with Gasteiger partial charge in [0.15, 0.2) is 5.82 Å². The lowest BCUT2D eigenvalue weighted by Gasteiger charge is -2.23. The molecule has 0 spiro atoms. The SMILES string of the molecule is CCN(CC1CC1)c1nccnc1C(N)=S. The second-order valence-corrected chi connectivity index (χ2v) is 4.51. The fraction of sp³-hybridized carbons (Fsp3) is 0.545. The highest BCUT2D eigenvalue weighted by Gasteiger charge is 2.25. The minimum absolute atomic E-state index is 0.317. The molecule has 1 saturated carbocycles. The van der Waals surface area contributed by atoms with E-state index in [9.17, 15) is 0 Å². The van der Waals surface area contributed by atoms with Gasteiger partial charge in [-0.15, -0.1) is 0 Å². The minimum atomic E-state index is 0.317. The smallest absolute Gasteiger partial charge is 0.157 e. The number of nitrogens with zero attached hydrogens (tertiary/aromatic N) is 3. The standard InChI is InChI=1S/C11H16N4S/c1-2-15(7-8-3-4-8)11-9(10(12)16)13-5-6-14-11/h5-6,8H,2-4,7H2,1H3,(H2,12,16). The Bertz CT molecular complexity index is 389. The first-order valence-electron chi connectivity index (χ1n) is 5.58. The van der Waals surface area contributed by atoms with E-state index >= 15 is 0 Å². The molecular formula is C11H16N4S. The van der Waals surface area contributed by atoms with Gasteiger partial charge in [0.1, 0.15) is 10.7 Å². The molecular weight excluding hydrogens is 220 g/mol. The molecule has 0 amide bonds. The van der Waals surface area contributed by atoms with E-state index in [1.807, 2.05) is 0 Å². The van der Waals surface area contributed by atoms with E-state index in [0.717, 1.165) is 24.8 Å². The van der Waals surface area contributed by atoms with Gasteiger partial charge in [-0.05, 0) is 25.7 Å². The number of aromatic nitrogens is 2. The lowest BCUT2D eigenvalue weighted by atomic mass is 10.3. The van der Waals surface area contributed by atoms with Crippen molar-refractivity contribution in [1.29, 1.82) is 0 Å². The number of hydrogen-bond acceptors (Lipinski definition) is 4. The van der Waals surface area contributed by atoms with Gasteiger partial charge in [-0.2, -0.15) is 0 Å². The van der Waals surface area contributed by atoms with Crippen LogP contribution in [0, 0.1) is 5.92 Å². The largest absolute Gasteiger partial charge is 0.388 e. The van der Waals surface area contributed by atoms with E-state index in [-0.39, 0.29) is 0 Å². The van der Waals surface area contributed by atoms with E-state index in [0.29, 0.717) is 10.7 Å². The van der Waals surface area contributed by atoms with Crippen LogP contribution in [0.3, 0.4) is 0 Å². The van der Waals surface area contributed by atoms with Crippen LogP contribution in [0.25, 0.3) is 0 Å². The monoisotopic (exact) mass is 236 g/mol. The van der Waals surface area contributed by atoms with Gasteiger partial charge >= 0.3 is 0 Å². The van der Waals surface area contributed by atoms with Crippen molar-refractivity contribution in [1.82, 2.24) is 9.97 Å². The predicted octanol–water partition coefficient (Wildman–Crippen LogP) is 1.35. The summed E-state index contributed by atoms with van der Waals surface area (Å²) in [5.41, 5.74) is 6.29. The Morgan fingerprint density at radius 3 is 2.75 bits per heavy atom. The first kappa shape index (κ1) is 11.3. The molecule has 0 radical (unpaired) electrons. The van der Waals surface area contributed by atoms with Gasteiger partial charge in [0.2, 0.25) is 0 Å². The van der Waals surface area contributed by atoms with Crippen molar-refractivity contribution >= 4 is 23.0 Å². The number of hydrogen-bond donors (Lipinski definition) is 1. The topological polar surface area (TPSA) is 55.0 Å². The molecule has 1 aromatic heterocycles. The Kier molecular flexibility index (Phi) is 3.33. The summed E-state index contributed by atoms with van der Waals surface area (Å²) >= 11 is 4.99. The Balaban J connectivity index is 2.24. The first-order valence-corrected chi connectivity index (χ1v) is 5.99. The average molecular weight is 236 g/mol. The zero-order valence-corrected chi connectivity index (χ0v) is 10.2. The summed E-state index contributed by atoms with van der Waals surface area (Å²) in [6, 6.07) is 0. The van der Waals surface area contributed by atoms with E-state index in [1.54, 1.807) is 12.4 Å². The molecule has 1 aliphatic carbocycles. The van der Waals surface area contributed by atoms with E-state index < -0.39 is 0 Å². The Morgan fingerprint density at radius 2 is 2.19 bits per heavy atom. The minimum Gasteiger partial charge on any atom is -0.388 e. The Labute approximate surface area is 101 Å². The number of anilines is 1. The van der Waals surface area contributed by atoms with Crippen LogP contribution < -0.4 is 10.6 Å². The molecule has 16 heavy (non-hydrogen) atoms. The molecule has 1 fully saturated rings. The van der Waals surface area contributed by atoms with Crippen molar-refractivity contribution in [2.75, 3.05) is 18.0 Å². The third-order valence-corrected chi connectivity index (χ3v) is 2.96. The Morgan fingerprint density at radius 1 is 1.50 bits per heavy atom. The summed E-state index contributed by atoms with van der Waals surface area (Å²) in [7, 11) is 0. The number of thiocarbonyl (C=S) groups is 1. The van der Waals surface area contributed by atoms with Crippen molar-refractivity contribution in [3.63, 3.8) is 0 Å². The van der Waals surface area contributed by atoms with Crippen LogP contribution in [0.1, 0.15) is 25.5 Å². The molecule has 5 heteroatoms. The molecule has 2 rings (SSSR count). The van der Waals surface area contributed by atoms with E-state index in [2.05, 4.69) is 21.8 Å². The molecule has 1 heterocycles. The second-order valence-electron chi connectivity index (χ2n) is 4.07. The van der Waals surface area contributed by atoms with Crippen molar-refractivity contribution in [3.8, 4) is 0 Å². The van der Waals surface area contributed by atoms with E-state index in [1.165, 1.54) is 12.8 Å². The first-order chi connectivity index (χ1) is 7.72. The van der Waals surface area contributed by atoms with Gasteiger partial charge in [-0.25, -0.2) is 9.97 Å². The van der Waals surface area contributed by atoms with Crippen LogP contribution >= 0.6 is 12.2 Å². The fourth-order valence-corrected chi connectivity index (χ4v) is 1.86. The normalized spacial score (nSPS) is 14.8. The lowest BCUT2D eigenvalue weighted by molar-refractivity contribution is 0.729.